The summed E-state index contributed by atoms with van der Waals surface area (Å²) < 4.78 is 31.7. The van der Waals surface area contributed by atoms with Gasteiger partial charge in [0.2, 0.25) is 6.79 Å². The lowest BCUT2D eigenvalue weighted by atomic mass is 9.85. The highest BCUT2D eigenvalue weighted by atomic mass is 28.4. The first-order valence-corrected chi connectivity index (χ1v) is 20.6. The molecule has 0 radical (unpaired) electrons. The maximum atomic E-state index is 11.1. The molecule has 45 heavy (non-hydrogen) atoms. The number of rotatable bonds is 13. The van der Waals surface area contributed by atoms with Gasteiger partial charge in [-0.2, -0.15) is 0 Å². The van der Waals surface area contributed by atoms with E-state index in [0.29, 0.717) is 17.2 Å². The number of methoxy groups -OCH3 is 1. The predicted molar refractivity (Wildman–Crippen MR) is 185 cm³/mol. The quantitative estimate of drug-likeness (QED) is 0.210. The molecule has 3 aromatic rings. The number of hydrogen-bond donors (Lipinski definition) is 2. The van der Waals surface area contributed by atoms with Crippen LogP contribution in [0.2, 0.25) is 23.2 Å². The molecule has 1 aliphatic heterocycles. The molecule has 1 heterocycles. The molecular formula is C36H52O7Si2. The van der Waals surface area contributed by atoms with Gasteiger partial charge in [-0.15, -0.1) is 0 Å². The molecule has 3 aromatic carbocycles. The van der Waals surface area contributed by atoms with E-state index in [1.54, 1.807) is 7.11 Å². The van der Waals surface area contributed by atoms with E-state index in [-0.39, 0.29) is 36.7 Å². The highest BCUT2D eigenvalue weighted by molar-refractivity contribution is 6.99. The Morgan fingerprint density at radius 2 is 1.31 bits per heavy atom. The highest BCUT2D eigenvalue weighted by Crippen LogP contribution is 2.48. The largest absolute Gasteiger partial charge is 0.496 e. The lowest BCUT2D eigenvalue weighted by Crippen LogP contribution is -2.67. The van der Waals surface area contributed by atoms with E-state index in [9.17, 15) is 10.2 Å². The summed E-state index contributed by atoms with van der Waals surface area (Å²) in [5, 5.41) is 24.1. The topological polar surface area (TPSA) is 86.6 Å². The van der Waals surface area contributed by atoms with Gasteiger partial charge in [0.1, 0.15) is 5.75 Å². The molecular weight excluding hydrogens is 601 g/mol. The minimum atomic E-state index is -2.90. The number of aliphatic hydroxyl groups is 2. The standard InChI is InChI=1S/C36H52O7Si2/c1-35(2,3)44(8,9)43-34(29-20-32-33(41-25-40-32)21-31(29)39-7)30(23-38)26(22-37)24-42-45(36(4,5)6,27-16-12-10-13-17-27)28-18-14-11-15-19-28/h10-21,26,30,34,37-38H,22-25H2,1-9H3/t26-,30+,34?/m1/s1. The van der Waals surface area contributed by atoms with Gasteiger partial charge in [0.15, 0.2) is 19.8 Å². The Balaban J connectivity index is 1.81. The summed E-state index contributed by atoms with van der Waals surface area (Å²) >= 11 is 0. The summed E-state index contributed by atoms with van der Waals surface area (Å²) in [7, 11) is -3.67. The molecule has 0 aliphatic carbocycles. The van der Waals surface area contributed by atoms with Crippen molar-refractivity contribution >= 4 is 27.0 Å². The van der Waals surface area contributed by atoms with Crippen molar-refractivity contribution < 1.29 is 33.3 Å². The van der Waals surface area contributed by atoms with E-state index in [4.69, 9.17) is 23.1 Å². The summed E-state index contributed by atoms with van der Waals surface area (Å²) in [4.78, 5) is 0. The summed E-state index contributed by atoms with van der Waals surface area (Å²) in [5.41, 5.74) is 0.759. The molecule has 0 bridgehead atoms. The predicted octanol–water partition coefficient (Wildman–Crippen LogP) is 6.28. The SMILES string of the molecule is COc1cc2c(cc1C(O[Si](C)(C)C(C)(C)C)[C@@H](CO)[C@H](CO)CO[Si](c1ccccc1)(c1ccccc1)C(C)(C)C)OCO2. The zero-order valence-corrected chi connectivity index (χ0v) is 30.4. The first kappa shape index (κ1) is 35.2. The van der Waals surface area contributed by atoms with Gasteiger partial charge in [-0.05, 0) is 39.6 Å². The molecule has 0 saturated carbocycles. The molecule has 0 spiro atoms. The van der Waals surface area contributed by atoms with Crippen molar-refractivity contribution in [2.45, 2.75) is 70.8 Å². The molecule has 1 unspecified atom stereocenters. The van der Waals surface area contributed by atoms with E-state index in [1.165, 1.54) is 0 Å². The van der Waals surface area contributed by atoms with Crippen molar-refractivity contribution in [3.05, 3.63) is 78.4 Å². The fourth-order valence-electron chi connectivity index (χ4n) is 6.01. The summed E-state index contributed by atoms with van der Waals surface area (Å²) in [6.07, 6.45) is -0.597. The maximum absolute atomic E-state index is 11.1. The van der Waals surface area contributed by atoms with Crippen LogP contribution < -0.4 is 24.6 Å². The van der Waals surface area contributed by atoms with Crippen molar-refractivity contribution in [1.29, 1.82) is 0 Å². The normalized spacial score (nSPS) is 15.9. The second-order valence-corrected chi connectivity index (χ2v) is 23.6. The zero-order valence-electron chi connectivity index (χ0n) is 28.4. The molecule has 0 saturated heterocycles. The van der Waals surface area contributed by atoms with Crippen molar-refractivity contribution in [2.24, 2.45) is 11.8 Å². The number of ether oxygens (including phenoxy) is 3. The monoisotopic (exact) mass is 652 g/mol. The van der Waals surface area contributed by atoms with E-state index < -0.39 is 34.6 Å². The average molecular weight is 653 g/mol. The molecule has 0 amide bonds. The number of aliphatic hydroxyl groups excluding tert-OH is 2. The highest BCUT2D eigenvalue weighted by Gasteiger charge is 2.51. The van der Waals surface area contributed by atoms with Gasteiger partial charge in [0.25, 0.3) is 8.32 Å². The van der Waals surface area contributed by atoms with E-state index in [0.717, 1.165) is 15.9 Å². The first-order valence-electron chi connectivity index (χ1n) is 15.8. The first-order chi connectivity index (χ1) is 21.2. The Bertz CT molecular complexity index is 1340. The average Bonchev–Trinajstić information content (AvgIpc) is 3.46. The summed E-state index contributed by atoms with van der Waals surface area (Å²) in [6.45, 7) is 17.6. The Morgan fingerprint density at radius 1 is 0.778 bits per heavy atom. The van der Waals surface area contributed by atoms with Crippen LogP contribution in [0.5, 0.6) is 17.2 Å². The molecule has 246 valence electrons. The van der Waals surface area contributed by atoms with Crippen molar-refractivity contribution in [3.8, 4) is 17.2 Å². The van der Waals surface area contributed by atoms with E-state index in [1.807, 2.05) is 24.3 Å². The van der Waals surface area contributed by atoms with Crippen LogP contribution in [-0.2, 0) is 8.85 Å². The van der Waals surface area contributed by atoms with Crippen LogP contribution in [0.3, 0.4) is 0 Å². The third kappa shape index (κ3) is 7.19. The van der Waals surface area contributed by atoms with E-state index >= 15 is 0 Å². The van der Waals surface area contributed by atoms with Crippen LogP contribution in [0, 0.1) is 11.8 Å². The third-order valence-corrected chi connectivity index (χ3v) is 19.1. The van der Waals surface area contributed by atoms with Crippen LogP contribution in [0.1, 0.15) is 53.2 Å². The van der Waals surface area contributed by atoms with Gasteiger partial charge in [-0.1, -0.05) is 102 Å². The molecule has 9 heteroatoms. The van der Waals surface area contributed by atoms with Crippen LogP contribution in [0.15, 0.2) is 72.8 Å². The minimum absolute atomic E-state index is 0.102. The summed E-state index contributed by atoms with van der Waals surface area (Å²) in [5.74, 6) is 0.857. The molecule has 3 atom stereocenters. The molecule has 0 fully saturated rings. The second-order valence-electron chi connectivity index (χ2n) is 14.5. The Morgan fingerprint density at radius 3 is 1.76 bits per heavy atom. The second kappa shape index (κ2) is 14.0. The number of hydrogen-bond acceptors (Lipinski definition) is 7. The number of benzene rings is 3. The van der Waals surface area contributed by atoms with Gasteiger partial charge in [0, 0.05) is 43.3 Å². The van der Waals surface area contributed by atoms with Crippen LogP contribution >= 0.6 is 0 Å². The maximum Gasteiger partial charge on any atom is 0.261 e. The molecule has 1 aliphatic rings. The van der Waals surface area contributed by atoms with Crippen LogP contribution in [-0.4, -0.2) is 60.6 Å². The smallest absolute Gasteiger partial charge is 0.261 e. The molecule has 4 rings (SSSR count). The van der Waals surface area contributed by atoms with Crippen molar-refractivity contribution in [2.75, 3.05) is 33.7 Å². The number of fused-ring (bicyclic) bond motifs is 1. The zero-order chi connectivity index (χ0) is 33.0. The van der Waals surface area contributed by atoms with Crippen molar-refractivity contribution in [1.82, 2.24) is 0 Å². The third-order valence-electron chi connectivity index (χ3n) is 9.63. The lowest BCUT2D eigenvalue weighted by molar-refractivity contribution is -0.0000461. The van der Waals surface area contributed by atoms with E-state index in [2.05, 4.69) is 103 Å². The Hall–Kier alpha value is -2.67. The lowest BCUT2D eigenvalue weighted by Gasteiger charge is -2.45. The van der Waals surface area contributed by atoms with Crippen molar-refractivity contribution in [3.63, 3.8) is 0 Å². The minimum Gasteiger partial charge on any atom is -0.496 e. The molecule has 0 aromatic heterocycles. The van der Waals surface area contributed by atoms with Gasteiger partial charge in [-0.3, -0.25) is 0 Å². The van der Waals surface area contributed by atoms with Gasteiger partial charge in [0.05, 0.1) is 13.2 Å². The fraction of sp³-hybridized carbons (Fsp3) is 0.500. The summed E-state index contributed by atoms with van der Waals surface area (Å²) in [6, 6.07) is 24.6. The fourth-order valence-corrected chi connectivity index (χ4v) is 11.9. The van der Waals surface area contributed by atoms with Crippen LogP contribution in [0.25, 0.3) is 0 Å². The Kier molecular flexibility index (Phi) is 10.9. The van der Waals surface area contributed by atoms with Gasteiger partial charge < -0.3 is 33.3 Å². The molecule has 2 N–H and O–H groups in total. The molecule has 7 nitrogen and oxygen atoms in total. The van der Waals surface area contributed by atoms with Gasteiger partial charge >= 0.3 is 0 Å². The Labute approximate surface area is 271 Å². The van der Waals surface area contributed by atoms with Gasteiger partial charge in [-0.25, -0.2) is 0 Å². The van der Waals surface area contributed by atoms with Crippen LogP contribution in [0.4, 0.5) is 0 Å².